The number of Topliss-reactive ketones (excluding diaryl/α,β-unsaturated/α-hetero) is 1. The lowest BCUT2D eigenvalue weighted by Gasteiger charge is -2.18. The predicted octanol–water partition coefficient (Wildman–Crippen LogP) is 4.58. The maximum Gasteiger partial charge on any atom is 0.226 e. The molecule has 1 aliphatic rings. The number of hydrogen-bond acceptors (Lipinski definition) is 7. The molecule has 8 heteroatoms. The molecule has 1 amide bonds. The van der Waals surface area contributed by atoms with E-state index in [0.717, 1.165) is 17.0 Å². The summed E-state index contributed by atoms with van der Waals surface area (Å²) in [6, 6.07) is 12.7. The maximum atomic E-state index is 12.2. The van der Waals surface area contributed by atoms with Gasteiger partial charge >= 0.3 is 0 Å². The minimum absolute atomic E-state index is 0.0162. The number of fused-ring (bicyclic) bond motifs is 1. The molecule has 0 bridgehead atoms. The number of anilines is 1. The van der Waals surface area contributed by atoms with Crippen LogP contribution in [0.3, 0.4) is 0 Å². The molecule has 7 nitrogen and oxygen atoms in total. The summed E-state index contributed by atoms with van der Waals surface area (Å²) in [6.45, 7) is 3.02. The van der Waals surface area contributed by atoms with Crippen LogP contribution < -0.4 is 19.5 Å². The molecule has 4 rings (SSSR count). The van der Waals surface area contributed by atoms with Gasteiger partial charge in [-0.3, -0.25) is 9.59 Å². The molecule has 0 atom stereocenters. The first-order valence-corrected chi connectivity index (χ1v) is 10.9. The standard InChI is InChI=1S/C23H22N2O5S/c1-15(26)16-4-7-18(8-5-16)28-10-2-3-22(27)25-23-24-19(14-31-23)17-6-9-20-21(13-17)30-12-11-29-20/h4-9,13-14H,2-3,10-12H2,1H3,(H,24,25,27). The zero-order valence-electron chi connectivity index (χ0n) is 17.1. The number of nitrogens with zero attached hydrogens (tertiary/aromatic N) is 1. The van der Waals surface area contributed by atoms with Crippen LogP contribution in [-0.4, -0.2) is 36.5 Å². The largest absolute Gasteiger partial charge is 0.494 e. The molecule has 0 aliphatic carbocycles. The first kappa shape index (κ1) is 20.9. The van der Waals surface area contributed by atoms with E-state index in [4.69, 9.17) is 14.2 Å². The van der Waals surface area contributed by atoms with E-state index < -0.39 is 0 Å². The lowest BCUT2D eigenvalue weighted by molar-refractivity contribution is -0.116. The molecule has 2 heterocycles. The zero-order valence-corrected chi connectivity index (χ0v) is 17.9. The van der Waals surface area contributed by atoms with E-state index in [-0.39, 0.29) is 11.7 Å². The van der Waals surface area contributed by atoms with Crippen LogP contribution >= 0.6 is 11.3 Å². The fraction of sp³-hybridized carbons (Fsp3) is 0.261. The number of rotatable bonds is 8. The Bertz CT molecular complexity index is 1080. The third-order valence-corrected chi connectivity index (χ3v) is 5.42. The van der Waals surface area contributed by atoms with E-state index in [1.165, 1.54) is 18.3 Å². The first-order valence-electron chi connectivity index (χ1n) is 9.98. The fourth-order valence-electron chi connectivity index (χ4n) is 3.06. The van der Waals surface area contributed by atoms with Crippen molar-refractivity contribution in [1.82, 2.24) is 4.98 Å². The van der Waals surface area contributed by atoms with Gasteiger partial charge in [-0.1, -0.05) is 0 Å². The quantitative estimate of drug-likeness (QED) is 0.409. The smallest absolute Gasteiger partial charge is 0.226 e. The highest BCUT2D eigenvalue weighted by Crippen LogP contribution is 2.35. The Balaban J connectivity index is 1.24. The molecule has 1 aliphatic heterocycles. The second kappa shape index (κ2) is 9.61. The van der Waals surface area contributed by atoms with Crippen LogP contribution in [0.15, 0.2) is 47.8 Å². The summed E-state index contributed by atoms with van der Waals surface area (Å²) >= 11 is 1.38. The zero-order chi connectivity index (χ0) is 21.6. The monoisotopic (exact) mass is 438 g/mol. The Morgan fingerprint density at radius 2 is 1.87 bits per heavy atom. The van der Waals surface area contributed by atoms with Gasteiger partial charge in [-0.25, -0.2) is 4.98 Å². The van der Waals surface area contributed by atoms with Crippen molar-refractivity contribution >= 4 is 28.2 Å². The van der Waals surface area contributed by atoms with Crippen molar-refractivity contribution in [2.45, 2.75) is 19.8 Å². The molecule has 2 aromatic carbocycles. The van der Waals surface area contributed by atoms with Crippen LogP contribution in [0.1, 0.15) is 30.1 Å². The lowest BCUT2D eigenvalue weighted by Crippen LogP contribution is -2.15. The second-order valence-corrected chi connectivity index (χ2v) is 7.84. The molecule has 0 fully saturated rings. The summed E-state index contributed by atoms with van der Waals surface area (Å²) in [4.78, 5) is 28.0. The molecule has 1 N–H and O–H groups in total. The van der Waals surface area contributed by atoms with Gasteiger partial charge in [0.15, 0.2) is 22.4 Å². The number of ketones is 1. The van der Waals surface area contributed by atoms with Crippen molar-refractivity contribution in [3.63, 3.8) is 0 Å². The van der Waals surface area contributed by atoms with Crippen molar-refractivity contribution < 1.29 is 23.8 Å². The van der Waals surface area contributed by atoms with Crippen molar-refractivity contribution in [2.75, 3.05) is 25.1 Å². The molecule has 1 aromatic heterocycles. The topological polar surface area (TPSA) is 86.8 Å². The van der Waals surface area contributed by atoms with Crippen LogP contribution in [0.4, 0.5) is 5.13 Å². The minimum Gasteiger partial charge on any atom is -0.494 e. The Morgan fingerprint density at radius 1 is 1.10 bits per heavy atom. The van der Waals surface area contributed by atoms with E-state index in [9.17, 15) is 9.59 Å². The highest BCUT2D eigenvalue weighted by Gasteiger charge is 2.14. The van der Waals surface area contributed by atoms with Crippen molar-refractivity contribution in [2.24, 2.45) is 0 Å². The third-order valence-electron chi connectivity index (χ3n) is 4.67. The highest BCUT2D eigenvalue weighted by atomic mass is 32.1. The van der Waals surface area contributed by atoms with E-state index in [0.29, 0.717) is 54.9 Å². The maximum absolute atomic E-state index is 12.2. The van der Waals surface area contributed by atoms with E-state index in [2.05, 4.69) is 10.3 Å². The summed E-state index contributed by atoms with van der Waals surface area (Å²) in [5, 5.41) is 5.28. The van der Waals surface area contributed by atoms with Crippen molar-refractivity contribution in [3.8, 4) is 28.5 Å². The number of thiazole rings is 1. The first-order chi connectivity index (χ1) is 15.1. The summed E-state index contributed by atoms with van der Waals surface area (Å²) in [5.74, 6) is 2.02. The van der Waals surface area contributed by atoms with E-state index in [1.54, 1.807) is 24.3 Å². The van der Waals surface area contributed by atoms with Crippen molar-refractivity contribution in [1.29, 1.82) is 0 Å². The average molecular weight is 439 g/mol. The van der Waals surface area contributed by atoms with Gasteiger partial charge in [-0.15, -0.1) is 11.3 Å². The number of carbonyl (C=O) groups is 2. The Kier molecular flexibility index (Phi) is 6.47. The highest BCUT2D eigenvalue weighted by molar-refractivity contribution is 7.14. The Labute approximate surface area is 184 Å². The van der Waals surface area contributed by atoms with Gasteiger partial charge in [0.2, 0.25) is 5.91 Å². The van der Waals surface area contributed by atoms with Gasteiger partial charge in [-0.2, -0.15) is 0 Å². The number of hydrogen-bond donors (Lipinski definition) is 1. The van der Waals surface area contributed by atoms with E-state index >= 15 is 0 Å². The molecule has 160 valence electrons. The van der Waals surface area contributed by atoms with E-state index in [1.807, 2.05) is 23.6 Å². The molecule has 0 unspecified atom stereocenters. The Morgan fingerprint density at radius 3 is 2.65 bits per heavy atom. The summed E-state index contributed by atoms with van der Waals surface area (Å²) in [6.07, 6.45) is 0.894. The van der Waals surface area contributed by atoms with Gasteiger partial charge in [0.1, 0.15) is 19.0 Å². The van der Waals surface area contributed by atoms with Crippen LogP contribution in [0, 0.1) is 0 Å². The molecule has 0 spiro atoms. The summed E-state index contributed by atoms with van der Waals surface area (Å²) in [7, 11) is 0. The molecular weight excluding hydrogens is 416 g/mol. The predicted molar refractivity (Wildman–Crippen MR) is 118 cm³/mol. The fourth-order valence-corrected chi connectivity index (χ4v) is 3.79. The molecular formula is C23H22N2O5S. The molecule has 0 saturated carbocycles. The number of aromatic nitrogens is 1. The van der Waals surface area contributed by atoms with Crippen molar-refractivity contribution in [3.05, 3.63) is 53.4 Å². The third kappa shape index (κ3) is 5.40. The van der Waals surface area contributed by atoms with Gasteiger partial charge in [0.05, 0.1) is 12.3 Å². The summed E-state index contributed by atoms with van der Waals surface area (Å²) < 4.78 is 16.8. The SMILES string of the molecule is CC(=O)c1ccc(OCCCC(=O)Nc2nc(-c3ccc4c(c3)OCCO4)cs2)cc1. The molecule has 0 radical (unpaired) electrons. The number of carbonyl (C=O) groups excluding carboxylic acids is 2. The van der Waals surface area contributed by atoms with Crippen LogP contribution in [-0.2, 0) is 4.79 Å². The van der Waals surface area contributed by atoms with Gasteiger partial charge in [-0.05, 0) is 55.8 Å². The normalized spacial score (nSPS) is 12.3. The minimum atomic E-state index is -0.112. The second-order valence-electron chi connectivity index (χ2n) is 6.98. The number of amides is 1. The Hall–Kier alpha value is -3.39. The van der Waals surface area contributed by atoms with Gasteiger partial charge in [0, 0.05) is 22.9 Å². The number of nitrogens with one attached hydrogen (secondary N) is 1. The van der Waals surface area contributed by atoms with Crippen LogP contribution in [0.25, 0.3) is 11.3 Å². The van der Waals surface area contributed by atoms with Gasteiger partial charge in [0.25, 0.3) is 0 Å². The molecule has 31 heavy (non-hydrogen) atoms. The van der Waals surface area contributed by atoms with Gasteiger partial charge < -0.3 is 19.5 Å². The number of ether oxygens (including phenoxy) is 3. The van der Waals surface area contributed by atoms with Crippen LogP contribution in [0.2, 0.25) is 0 Å². The molecule has 3 aromatic rings. The number of benzene rings is 2. The summed E-state index contributed by atoms with van der Waals surface area (Å²) in [5.41, 5.74) is 2.32. The van der Waals surface area contributed by atoms with Crippen LogP contribution in [0.5, 0.6) is 17.2 Å². The molecule has 0 saturated heterocycles. The lowest BCUT2D eigenvalue weighted by atomic mass is 10.1. The average Bonchev–Trinajstić information content (AvgIpc) is 3.25.